The lowest BCUT2D eigenvalue weighted by atomic mass is 9.91. The minimum Gasteiger partial charge on any atom is -0.481 e. The van der Waals surface area contributed by atoms with Crippen molar-refractivity contribution in [2.45, 2.75) is 64.0 Å². The van der Waals surface area contributed by atoms with Crippen molar-refractivity contribution in [1.29, 1.82) is 0 Å². The van der Waals surface area contributed by atoms with E-state index in [4.69, 9.17) is 4.74 Å². The number of likely N-dealkylation sites (tertiary alicyclic amines) is 1. The molecule has 1 unspecified atom stereocenters. The molecule has 0 radical (unpaired) electrons. The van der Waals surface area contributed by atoms with E-state index in [1.54, 1.807) is 4.90 Å². The molecule has 2 aliphatic rings. The number of piperidine rings is 1. The van der Waals surface area contributed by atoms with Crippen LogP contribution in [0.15, 0.2) is 48.5 Å². The third kappa shape index (κ3) is 5.50. The van der Waals surface area contributed by atoms with E-state index in [0.29, 0.717) is 38.6 Å². The van der Waals surface area contributed by atoms with Crippen molar-refractivity contribution in [3.63, 3.8) is 0 Å². The van der Waals surface area contributed by atoms with Crippen molar-refractivity contribution in [1.82, 2.24) is 10.2 Å². The van der Waals surface area contributed by atoms with Gasteiger partial charge in [-0.25, -0.2) is 4.79 Å². The highest BCUT2D eigenvalue weighted by Gasteiger charge is 2.32. The molecule has 1 heterocycles. The van der Waals surface area contributed by atoms with Crippen molar-refractivity contribution < 1.29 is 24.2 Å². The summed E-state index contributed by atoms with van der Waals surface area (Å²) in [4.78, 5) is 38.4. The summed E-state index contributed by atoms with van der Waals surface area (Å²) in [7, 11) is 0. The molecule has 7 heteroatoms. The molecule has 0 spiro atoms. The molecule has 1 saturated heterocycles. The van der Waals surface area contributed by atoms with Gasteiger partial charge in [-0.1, -0.05) is 55.5 Å². The van der Waals surface area contributed by atoms with Crippen molar-refractivity contribution in [3.05, 3.63) is 59.7 Å². The molecule has 1 fully saturated rings. The van der Waals surface area contributed by atoms with E-state index in [9.17, 15) is 19.5 Å². The first kappa shape index (κ1) is 24.8. The van der Waals surface area contributed by atoms with Gasteiger partial charge in [-0.3, -0.25) is 9.59 Å². The number of hydrogen-bond donors (Lipinski definition) is 2. The number of fused-ring (bicyclic) bond motifs is 3. The number of benzene rings is 2. The first-order valence-electron chi connectivity index (χ1n) is 12.5. The van der Waals surface area contributed by atoms with E-state index in [1.807, 2.05) is 38.1 Å². The molecule has 35 heavy (non-hydrogen) atoms. The fourth-order valence-electron chi connectivity index (χ4n) is 5.39. The molecule has 2 aromatic carbocycles. The highest BCUT2D eigenvalue weighted by atomic mass is 16.5. The summed E-state index contributed by atoms with van der Waals surface area (Å²) in [5.41, 5.74) is 4.70. The number of nitrogens with zero attached hydrogens (tertiary/aromatic N) is 1. The molecular weight excluding hydrogens is 444 g/mol. The maximum atomic E-state index is 12.8. The smallest absolute Gasteiger partial charge is 0.407 e. The molecule has 2 aromatic rings. The number of ether oxygens (including phenoxy) is 1. The lowest BCUT2D eigenvalue weighted by molar-refractivity contribution is -0.147. The second-order valence-corrected chi connectivity index (χ2v) is 9.61. The van der Waals surface area contributed by atoms with E-state index in [1.165, 1.54) is 22.3 Å². The Balaban J connectivity index is 1.27. The molecule has 1 aliphatic carbocycles. The van der Waals surface area contributed by atoms with Gasteiger partial charge in [0.1, 0.15) is 6.61 Å². The van der Waals surface area contributed by atoms with Crippen LogP contribution in [0.3, 0.4) is 0 Å². The number of hydrogen-bond acceptors (Lipinski definition) is 4. The van der Waals surface area contributed by atoms with Crippen LogP contribution >= 0.6 is 0 Å². The number of aliphatic carboxylic acids is 1. The summed E-state index contributed by atoms with van der Waals surface area (Å²) in [6, 6.07) is 16.2. The van der Waals surface area contributed by atoms with Gasteiger partial charge in [0.25, 0.3) is 0 Å². The predicted octanol–water partition coefficient (Wildman–Crippen LogP) is 4.80. The Kier molecular flexibility index (Phi) is 7.73. The van der Waals surface area contributed by atoms with Crippen LogP contribution in [0.5, 0.6) is 0 Å². The number of rotatable bonds is 8. The van der Waals surface area contributed by atoms with E-state index in [-0.39, 0.29) is 36.4 Å². The fourth-order valence-corrected chi connectivity index (χ4v) is 5.39. The second-order valence-electron chi connectivity index (χ2n) is 9.61. The standard InChI is InChI=1S/C28H34N2O5/c1-3-20(12-13-26(31)30-15-14-19(27(32)33)16-18(30)2)29-28(34)35-17-25-23-10-6-4-8-21(23)22-9-5-7-11-24(22)25/h4-11,18-20,25H,3,12-17H2,1-2H3,(H,29,34)(H,32,33)/t18-,19-,20?/m0/s1. The lowest BCUT2D eigenvalue weighted by Crippen LogP contribution is -2.46. The number of carboxylic acids is 1. The number of carbonyl (C=O) groups is 3. The third-order valence-corrected chi connectivity index (χ3v) is 7.41. The molecule has 7 nitrogen and oxygen atoms in total. The van der Waals surface area contributed by atoms with Crippen molar-refractivity contribution >= 4 is 18.0 Å². The van der Waals surface area contributed by atoms with E-state index in [2.05, 4.69) is 29.6 Å². The molecule has 2 amide bonds. The topological polar surface area (TPSA) is 95.9 Å². The molecular formula is C28H34N2O5. The van der Waals surface area contributed by atoms with Gasteiger partial charge in [0, 0.05) is 31.0 Å². The quantitative estimate of drug-likeness (QED) is 0.568. The Hall–Kier alpha value is -3.35. The van der Waals surface area contributed by atoms with Crippen molar-refractivity contribution in [2.24, 2.45) is 5.92 Å². The average Bonchev–Trinajstić information content (AvgIpc) is 3.18. The first-order valence-corrected chi connectivity index (χ1v) is 12.5. The average molecular weight is 479 g/mol. The van der Waals surface area contributed by atoms with Crippen LogP contribution in [-0.2, 0) is 14.3 Å². The van der Waals surface area contributed by atoms with Crippen LogP contribution in [0.2, 0.25) is 0 Å². The monoisotopic (exact) mass is 478 g/mol. The molecule has 0 saturated carbocycles. The van der Waals surface area contributed by atoms with E-state index in [0.717, 1.165) is 0 Å². The van der Waals surface area contributed by atoms with Gasteiger partial charge in [-0.05, 0) is 54.9 Å². The number of amides is 2. The molecule has 3 atom stereocenters. The second kappa shape index (κ2) is 10.9. The molecule has 186 valence electrons. The summed E-state index contributed by atoms with van der Waals surface area (Å²) in [5.74, 6) is -1.16. The largest absolute Gasteiger partial charge is 0.481 e. The Morgan fingerprint density at radius 3 is 2.29 bits per heavy atom. The first-order chi connectivity index (χ1) is 16.9. The number of carbonyl (C=O) groups excluding carboxylic acids is 2. The van der Waals surface area contributed by atoms with Crippen LogP contribution in [0.4, 0.5) is 4.79 Å². The SMILES string of the molecule is CCC(CCC(=O)N1CC[C@H](C(=O)O)C[C@@H]1C)NC(=O)OCC1c2ccccc2-c2ccccc21. The zero-order valence-corrected chi connectivity index (χ0v) is 20.4. The summed E-state index contributed by atoms with van der Waals surface area (Å²) in [6.07, 6.45) is 2.02. The number of alkyl carbamates (subject to hydrolysis) is 1. The zero-order valence-electron chi connectivity index (χ0n) is 20.4. The lowest BCUT2D eigenvalue weighted by Gasteiger charge is -2.36. The Morgan fingerprint density at radius 2 is 1.71 bits per heavy atom. The molecule has 2 N–H and O–H groups in total. The number of carboxylic acid groups (broad SMARTS) is 1. The van der Waals surface area contributed by atoms with Gasteiger partial charge in [-0.15, -0.1) is 0 Å². The van der Waals surface area contributed by atoms with Gasteiger partial charge >= 0.3 is 12.1 Å². The molecule has 1 aliphatic heterocycles. The summed E-state index contributed by atoms with van der Waals surface area (Å²) in [6.45, 7) is 4.60. The van der Waals surface area contributed by atoms with E-state index >= 15 is 0 Å². The summed E-state index contributed by atoms with van der Waals surface area (Å²) >= 11 is 0. The van der Waals surface area contributed by atoms with Crippen molar-refractivity contribution in [3.8, 4) is 11.1 Å². The van der Waals surface area contributed by atoms with Crippen LogP contribution in [0, 0.1) is 5.92 Å². The minimum absolute atomic E-state index is 0.00465. The number of nitrogens with one attached hydrogen (secondary N) is 1. The van der Waals surface area contributed by atoms with Crippen LogP contribution < -0.4 is 5.32 Å². The maximum Gasteiger partial charge on any atom is 0.407 e. The highest BCUT2D eigenvalue weighted by Crippen LogP contribution is 2.44. The summed E-state index contributed by atoms with van der Waals surface area (Å²) < 4.78 is 5.65. The zero-order chi connectivity index (χ0) is 24.9. The maximum absolute atomic E-state index is 12.8. The normalized spacial score (nSPS) is 20.0. The van der Waals surface area contributed by atoms with Crippen LogP contribution in [0.25, 0.3) is 11.1 Å². The van der Waals surface area contributed by atoms with Crippen LogP contribution in [0.1, 0.15) is 63.0 Å². The van der Waals surface area contributed by atoms with Gasteiger partial charge in [-0.2, -0.15) is 0 Å². The van der Waals surface area contributed by atoms with Gasteiger partial charge in [0.2, 0.25) is 5.91 Å². The molecule has 4 rings (SSSR count). The van der Waals surface area contributed by atoms with Gasteiger partial charge < -0.3 is 20.1 Å². The van der Waals surface area contributed by atoms with E-state index < -0.39 is 12.1 Å². The fraction of sp³-hybridized carbons (Fsp3) is 0.464. The van der Waals surface area contributed by atoms with Crippen LogP contribution in [-0.4, -0.2) is 53.2 Å². The molecule has 0 aromatic heterocycles. The predicted molar refractivity (Wildman–Crippen MR) is 133 cm³/mol. The Morgan fingerprint density at radius 1 is 1.09 bits per heavy atom. The highest BCUT2D eigenvalue weighted by molar-refractivity contribution is 5.79. The van der Waals surface area contributed by atoms with Crippen molar-refractivity contribution in [2.75, 3.05) is 13.2 Å². The third-order valence-electron chi connectivity index (χ3n) is 7.41. The minimum atomic E-state index is -0.790. The summed E-state index contributed by atoms with van der Waals surface area (Å²) in [5, 5.41) is 12.1. The molecule has 0 bridgehead atoms. The van der Waals surface area contributed by atoms with Gasteiger partial charge in [0.15, 0.2) is 0 Å². The Bertz CT molecular complexity index is 1040. The Labute approximate surface area is 206 Å². The van der Waals surface area contributed by atoms with Gasteiger partial charge in [0.05, 0.1) is 5.92 Å².